The molecule has 0 saturated heterocycles. The van der Waals surface area contributed by atoms with Gasteiger partial charge in [0.25, 0.3) is 0 Å². The van der Waals surface area contributed by atoms with E-state index in [4.69, 9.17) is 0 Å². The van der Waals surface area contributed by atoms with Gasteiger partial charge < -0.3 is 10.2 Å². The fourth-order valence-corrected chi connectivity index (χ4v) is 2.58. The average Bonchev–Trinajstić information content (AvgIpc) is 2.90. The zero-order valence-electron chi connectivity index (χ0n) is 11.9. The molecule has 19 heavy (non-hydrogen) atoms. The number of nitrogens with one attached hydrogen (secondary N) is 1. The molecule has 0 aromatic carbocycles. The summed E-state index contributed by atoms with van der Waals surface area (Å²) in [5.74, 6) is 1.76. The highest BCUT2D eigenvalue weighted by molar-refractivity contribution is 5.90. The monoisotopic (exact) mass is 261 g/mol. The molecule has 1 amide bonds. The van der Waals surface area contributed by atoms with E-state index < -0.39 is 0 Å². The number of carbonyl (C=O) groups excluding carboxylic acids is 1. The van der Waals surface area contributed by atoms with E-state index in [1.165, 1.54) is 25.7 Å². The van der Waals surface area contributed by atoms with Gasteiger partial charge in [-0.05, 0) is 24.5 Å². The lowest BCUT2D eigenvalue weighted by molar-refractivity contribution is -0.116. The first-order valence-corrected chi connectivity index (χ1v) is 7.08. The fourth-order valence-electron chi connectivity index (χ4n) is 2.58. The summed E-state index contributed by atoms with van der Waals surface area (Å²) in [5, 5.41) is 2.91. The summed E-state index contributed by atoms with van der Waals surface area (Å²) in [4.78, 5) is 18.1. The molecule has 4 heteroatoms. The molecule has 1 heterocycles. The second-order valence-corrected chi connectivity index (χ2v) is 5.54. The van der Waals surface area contributed by atoms with Gasteiger partial charge in [-0.3, -0.25) is 4.79 Å². The number of rotatable bonds is 5. The molecule has 1 aromatic heterocycles. The number of hydrogen-bond donors (Lipinski definition) is 1. The van der Waals surface area contributed by atoms with Crippen molar-refractivity contribution >= 4 is 17.4 Å². The van der Waals surface area contributed by atoms with Crippen molar-refractivity contribution in [2.45, 2.75) is 38.5 Å². The molecule has 0 bridgehead atoms. The van der Waals surface area contributed by atoms with Crippen LogP contribution >= 0.6 is 0 Å². The van der Waals surface area contributed by atoms with Crippen molar-refractivity contribution in [2.24, 2.45) is 5.92 Å². The molecule has 1 aromatic rings. The second kappa shape index (κ2) is 6.55. The summed E-state index contributed by atoms with van der Waals surface area (Å²) >= 11 is 0. The molecule has 104 valence electrons. The Hall–Kier alpha value is -1.58. The van der Waals surface area contributed by atoms with Gasteiger partial charge >= 0.3 is 0 Å². The van der Waals surface area contributed by atoms with Gasteiger partial charge in [-0.25, -0.2) is 4.98 Å². The van der Waals surface area contributed by atoms with Crippen LogP contribution in [0.25, 0.3) is 0 Å². The number of anilines is 2. The van der Waals surface area contributed by atoms with E-state index in [2.05, 4.69) is 10.3 Å². The summed E-state index contributed by atoms with van der Waals surface area (Å²) < 4.78 is 0. The molecule has 1 fully saturated rings. The van der Waals surface area contributed by atoms with Crippen molar-refractivity contribution in [1.82, 2.24) is 4.98 Å². The topological polar surface area (TPSA) is 45.2 Å². The van der Waals surface area contributed by atoms with Crippen LogP contribution in [0.15, 0.2) is 18.3 Å². The molecule has 0 aliphatic heterocycles. The number of carbonyl (C=O) groups is 1. The molecule has 1 aliphatic rings. The van der Waals surface area contributed by atoms with Crippen molar-refractivity contribution in [3.8, 4) is 0 Å². The van der Waals surface area contributed by atoms with Crippen LogP contribution in [0.3, 0.4) is 0 Å². The first kappa shape index (κ1) is 13.8. The van der Waals surface area contributed by atoms with Crippen molar-refractivity contribution in [3.05, 3.63) is 18.3 Å². The minimum atomic E-state index is 0.103. The first-order valence-electron chi connectivity index (χ1n) is 7.08. The quantitative estimate of drug-likeness (QED) is 0.886. The van der Waals surface area contributed by atoms with Gasteiger partial charge in [0, 0.05) is 20.5 Å². The standard InChI is InChI=1S/C15H23N3O/c1-18(2)14-9-8-13(11-16-14)17-15(19)10-7-12-5-3-4-6-12/h8-9,11-12H,3-7,10H2,1-2H3,(H,17,19). The van der Waals surface area contributed by atoms with Crippen LogP contribution in [0.5, 0.6) is 0 Å². The summed E-state index contributed by atoms with van der Waals surface area (Å²) in [7, 11) is 3.89. The zero-order chi connectivity index (χ0) is 13.7. The Balaban J connectivity index is 1.77. The maximum Gasteiger partial charge on any atom is 0.224 e. The Bertz CT molecular complexity index is 408. The van der Waals surface area contributed by atoms with E-state index >= 15 is 0 Å². The number of hydrogen-bond acceptors (Lipinski definition) is 3. The molecule has 2 rings (SSSR count). The van der Waals surface area contributed by atoms with Crippen LogP contribution in [0, 0.1) is 5.92 Å². The molecule has 0 radical (unpaired) electrons. The number of nitrogens with zero attached hydrogens (tertiary/aromatic N) is 2. The second-order valence-electron chi connectivity index (χ2n) is 5.54. The van der Waals surface area contributed by atoms with Crippen LogP contribution in [0.1, 0.15) is 38.5 Å². The Morgan fingerprint density at radius 2 is 2.11 bits per heavy atom. The SMILES string of the molecule is CN(C)c1ccc(NC(=O)CCC2CCCC2)cn1. The summed E-state index contributed by atoms with van der Waals surface area (Å²) in [5.41, 5.74) is 0.780. The molecule has 0 unspecified atom stereocenters. The third kappa shape index (κ3) is 4.23. The maximum absolute atomic E-state index is 11.8. The molecular formula is C15H23N3O. The molecule has 1 aliphatic carbocycles. The van der Waals surface area contributed by atoms with E-state index in [1.807, 2.05) is 31.1 Å². The third-order valence-electron chi connectivity index (χ3n) is 3.74. The van der Waals surface area contributed by atoms with Crippen LogP contribution in [-0.2, 0) is 4.79 Å². The van der Waals surface area contributed by atoms with Gasteiger partial charge in [-0.1, -0.05) is 25.7 Å². The number of aromatic nitrogens is 1. The molecule has 1 saturated carbocycles. The maximum atomic E-state index is 11.8. The van der Waals surface area contributed by atoms with Gasteiger partial charge in [0.2, 0.25) is 5.91 Å². The van der Waals surface area contributed by atoms with Crippen LogP contribution in [0.2, 0.25) is 0 Å². The van der Waals surface area contributed by atoms with Crippen LogP contribution < -0.4 is 10.2 Å². The Labute approximate surface area is 115 Å². The molecular weight excluding hydrogens is 238 g/mol. The van der Waals surface area contributed by atoms with Crippen molar-refractivity contribution < 1.29 is 4.79 Å². The van der Waals surface area contributed by atoms with Gasteiger partial charge in [-0.2, -0.15) is 0 Å². The van der Waals surface area contributed by atoms with E-state index in [0.717, 1.165) is 23.8 Å². The van der Waals surface area contributed by atoms with E-state index in [0.29, 0.717) is 6.42 Å². The molecule has 4 nitrogen and oxygen atoms in total. The molecule has 0 spiro atoms. The highest BCUT2D eigenvalue weighted by Gasteiger charge is 2.16. The van der Waals surface area contributed by atoms with Crippen LogP contribution in [-0.4, -0.2) is 25.0 Å². The largest absolute Gasteiger partial charge is 0.363 e. The van der Waals surface area contributed by atoms with Crippen molar-refractivity contribution in [1.29, 1.82) is 0 Å². The van der Waals surface area contributed by atoms with E-state index in [1.54, 1.807) is 6.20 Å². The summed E-state index contributed by atoms with van der Waals surface area (Å²) in [6, 6.07) is 3.81. The Morgan fingerprint density at radius 1 is 1.37 bits per heavy atom. The van der Waals surface area contributed by atoms with Gasteiger partial charge in [0.1, 0.15) is 5.82 Å². The van der Waals surface area contributed by atoms with E-state index in [9.17, 15) is 4.79 Å². The van der Waals surface area contributed by atoms with Crippen molar-refractivity contribution in [2.75, 3.05) is 24.3 Å². The highest BCUT2D eigenvalue weighted by atomic mass is 16.1. The zero-order valence-corrected chi connectivity index (χ0v) is 11.9. The lowest BCUT2D eigenvalue weighted by atomic mass is 10.0. The number of amides is 1. The lowest BCUT2D eigenvalue weighted by Crippen LogP contribution is -2.14. The summed E-state index contributed by atoms with van der Waals surface area (Å²) in [6.45, 7) is 0. The van der Waals surface area contributed by atoms with Crippen molar-refractivity contribution in [3.63, 3.8) is 0 Å². The van der Waals surface area contributed by atoms with Gasteiger partial charge in [0.15, 0.2) is 0 Å². The highest BCUT2D eigenvalue weighted by Crippen LogP contribution is 2.28. The van der Waals surface area contributed by atoms with Gasteiger partial charge in [0.05, 0.1) is 11.9 Å². The smallest absolute Gasteiger partial charge is 0.224 e. The average molecular weight is 261 g/mol. The minimum absolute atomic E-state index is 0.103. The summed E-state index contributed by atoms with van der Waals surface area (Å²) in [6.07, 6.45) is 8.63. The molecule has 0 atom stereocenters. The normalized spacial score (nSPS) is 15.5. The third-order valence-corrected chi connectivity index (χ3v) is 3.74. The van der Waals surface area contributed by atoms with Gasteiger partial charge in [-0.15, -0.1) is 0 Å². The Kier molecular flexibility index (Phi) is 4.77. The first-order chi connectivity index (χ1) is 9.15. The van der Waals surface area contributed by atoms with Crippen LogP contribution in [0.4, 0.5) is 11.5 Å². The minimum Gasteiger partial charge on any atom is -0.363 e. The predicted octanol–water partition coefficient (Wildman–Crippen LogP) is 3.06. The lowest BCUT2D eigenvalue weighted by Gasteiger charge is -2.12. The fraction of sp³-hybridized carbons (Fsp3) is 0.600. The van der Waals surface area contributed by atoms with E-state index in [-0.39, 0.29) is 5.91 Å². The number of pyridine rings is 1. The molecule has 1 N–H and O–H groups in total. The predicted molar refractivity (Wildman–Crippen MR) is 78.4 cm³/mol. The Morgan fingerprint density at radius 3 is 2.68 bits per heavy atom.